The first-order valence-electron chi connectivity index (χ1n) is 4.05. The highest BCUT2D eigenvalue weighted by molar-refractivity contribution is 5.75. The summed E-state index contributed by atoms with van der Waals surface area (Å²) in [6, 6.07) is 0.349. The molecule has 0 spiro atoms. The summed E-state index contributed by atoms with van der Waals surface area (Å²) < 4.78 is 0. The highest BCUT2D eigenvalue weighted by Crippen LogP contribution is 2.18. The molecule has 1 saturated carbocycles. The number of nitrogens with one attached hydrogen (secondary N) is 2. The lowest BCUT2D eigenvalue weighted by Gasteiger charge is -2.00. The zero-order valence-corrected chi connectivity index (χ0v) is 6.76. The van der Waals surface area contributed by atoms with Gasteiger partial charge in [0.05, 0.1) is 0 Å². The normalized spacial score (nSPS) is 16.8. The fourth-order valence-corrected chi connectivity index (χ4v) is 0.707. The zero-order valence-electron chi connectivity index (χ0n) is 6.76. The summed E-state index contributed by atoms with van der Waals surface area (Å²) in [5, 5.41) is 5.44. The molecule has 2 N–H and O–H groups in total. The van der Waals surface area contributed by atoms with E-state index in [0.29, 0.717) is 6.04 Å². The summed E-state index contributed by atoms with van der Waals surface area (Å²) in [6.45, 7) is 2.02. The van der Waals surface area contributed by atoms with E-state index in [1.54, 1.807) is 6.20 Å². The summed E-state index contributed by atoms with van der Waals surface area (Å²) in [5.74, 6) is 0. The van der Waals surface area contributed by atoms with Crippen LogP contribution in [0.4, 0.5) is 4.79 Å². The first-order valence-corrected chi connectivity index (χ1v) is 4.05. The minimum atomic E-state index is -0.0859. The SMILES string of the molecule is CC/C=C/NC(=O)NC1CC1. The molecular weight excluding hydrogens is 140 g/mol. The van der Waals surface area contributed by atoms with Crippen LogP contribution in [0.1, 0.15) is 26.2 Å². The van der Waals surface area contributed by atoms with Gasteiger partial charge in [0.2, 0.25) is 0 Å². The van der Waals surface area contributed by atoms with Crippen LogP contribution in [0.2, 0.25) is 0 Å². The van der Waals surface area contributed by atoms with Crippen molar-refractivity contribution in [2.45, 2.75) is 32.2 Å². The standard InChI is InChI=1S/C8H14N2O/c1-2-3-6-9-8(11)10-7-4-5-7/h3,6-7H,2,4-5H2,1H3,(H2,9,10,11)/b6-3+. The molecule has 62 valence electrons. The molecule has 1 aliphatic carbocycles. The van der Waals surface area contributed by atoms with Crippen LogP contribution in [0.5, 0.6) is 0 Å². The molecule has 0 radical (unpaired) electrons. The second-order valence-corrected chi connectivity index (χ2v) is 2.70. The second kappa shape index (κ2) is 4.01. The number of amides is 2. The highest BCUT2D eigenvalue weighted by Gasteiger charge is 2.22. The van der Waals surface area contributed by atoms with E-state index in [1.807, 2.05) is 13.0 Å². The predicted octanol–water partition coefficient (Wildman–Crippen LogP) is 1.37. The fraction of sp³-hybridized carbons (Fsp3) is 0.625. The molecular formula is C8H14N2O. The first kappa shape index (κ1) is 8.11. The van der Waals surface area contributed by atoms with Crippen molar-refractivity contribution in [2.24, 2.45) is 0 Å². The molecule has 0 aromatic rings. The van der Waals surface area contributed by atoms with Crippen LogP contribution in [0.3, 0.4) is 0 Å². The minimum absolute atomic E-state index is 0.0859. The maximum absolute atomic E-state index is 10.9. The Morgan fingerprint density at radius 3 is 2.91 bits per heavy atom. The Labute approximate surface area is 66.9 Å². The van der Waals surface area contributed by atoms with Gasteiger partial charge in [0.15, 0.2) is 0 Å². The van der Waals surface area contributed by atoms with Crippen LogP contribution in [-0.2, 0) is 0 Å². The number of hydrogen-bond acceptors (Lipinski definition) is 1. The van der Waals surface area contributed by atoms with Crippen molar-refractivity contribution in [3.63, 3.8) is 0 Å². The second-order valence-electron chi connectivity index (χ2n) is 2.70. The van der Waals surface area contributed by atoms with Gasteiger partial charge in [-0.1, -0.05) is 13.0 Å². The van der Waals surface area contributed by atoms with E-state index in [1.165, 1.54) is 0 Å². The molecule has 0 atom stereocenters. The smallest absolute Gasteiger partial charge is 0.318 e. The van der Waals surface area contributed by atoms with E-state index < -0.39 is 0 Å². The molecule has 0 unspecified atom stereocenters. The summed E-state index contributed by atoms with van der Waals surface area (Å²) >= 11 is 0. The van der Waals surface area contributed by atoms with Crippen LogP contribution >= 0.6 is 0 Å². The number of hydrogen-bond donors (Lipinski definition) is 2. The third kappa shape index (κ3) is 3.65. The molecule has 0 saturated heterocycles. The maximum atomic E-state index is 10.9. The van der Waals surface area contributed by atoms with Crippen molar-refractivity contribution in [1.29, 1.82) is 0 Å². The van der Waals surface area contributed by atoms with Gasteiger partial charge in [-0.3, -0.25) is 0 Å². The number of allylic oxidation sites excluding steroid dienone is 1. The van der Waals surface area contributed by atoms with Crippen molar-refractivity contribution in [1.82, 2.24) is 10.6 Å². The van der Waals surface area contributed by atoms with Crippen LogP contribution in [0.15, 0.2) is 12.3 Å². The van der Waals surface area contributed by atoms with Crippen molar-refractivity contribution < 1.29 is 4.79 Å². The van der Waals surface area contributed by atoms with E-state index in [4.69, 9.17) is 0 Å². The van der Waals surface area contributed by atoms with Crippen molar-refractivity contribution >= 4 is 6.03 Å². The molecule has 0 aliphatic heterocycles. The molecule has 2 amide bonds. The lowest BCUT2D eigenvalue weighted by Crippen LogP contribution is -2.33. The predicted molar refractivity (Wildman–Crippen MR) is 44.1 cm³/mol. The quantitative estimate of drug-likeness (QED) is 0.633. The van der Waals surface area contributed by atoms with Gasteiger partial charge in [-0.25, -0.2) is 4.79 Å². The molecule has 3 nitrogen and oxygen atoms in total. The number of rotatable bonds is 3. The Morgan fingerprint density at radius 2 is 2.36 bits per heavy atom. The topological polar surface area (TPSA) is 41.1 Å². The third-order valence-corrected chi connectivity index (χ3v) is 1.48. The van der Waals surface area contributed by atoms with Gasteiger partial charge in [0, 0.05) is 12.2 Å². The molecule has 0 bridgehead atoms. The summed E-state index contributed by atoms with van der Waals surface area (Å²) in [7, 11) is 0. The van der Waals surface area contributed by atoms with Crippen LogP contribution in [0.25, 0.3) is 0 Å². The molecule has 0 aromatic heterocycles. The van der Waals surface area contributed by atoms with Gasteiger partial charge >= 0.3 is 6.03 Å². The van der Waals surface area contributed by atoms with E-state index in [2.05, 4.69) is 10.6 Å². The lowest BCUT2D eigenvalue weighted by molar-refractivity contribution is 0.243. The van der Waals surface area contributed by atoms with Gasteiger partial charge in [-0.2, -0.15) is 0 Å². The molecule has 1 aliphatic rings. The summed E-state index contributed by atoms with van der Waals surface area (Å²) in [5.41, 5.74) is 0. The monoisotopic (exact) mass is 154 g/mol. The molecule has 0 aromatic carbocycles. The van der Waals surface area contributed by atoms with Crippen molar-refractivity contribution in [3.05, 3.63) is 12.3 Å². The number of carbonyl (C=O) groups is 1. The zero-order chi connectivity index (χ0) is 8.10. The first-order chi connectivity index (χ1) is 5.33. The van der Waals surface area contributed by atoms with E-state index in [-0.39, 0.29) is 6.03 Å². The average Bonchev–Trinajstić information content (AvgIpc) is 2.72. The number of carbonyl (C=O) groups excluding carboxylic acids is 1. The van der Waals surface area contributed by atoms with Crippen LogP contribution in [0, 0.1) is 0 Å². The van der Waals surface area contributed by atoms with Gasteiger partial charge in [0.25, 0.3) is 0 Å². The van der Waals surface area contributed by atoms with Gasteiger partial charge in [-0.05, 0) is 19.3 Å². The highest BCUT2D eigenvalue weighted by atomic mass is 16.2. The van der Waals surface area contributed by atoms with Crippen LogP contribution < -0.4 is 10.6 Å². The fourth-order valence-electron chi connectivity index (χ4n) is 0.707. The summed E-state index contributed by atoms with van der Waals surface area (Å²) in [4.78, 5) is 10.9. The van der Waals surface area contributed by atoms with Gasteiger partial charge in [0.1, 0.15) is 0 Å². The van der Waals surface area contributed by atoms with E-state index in [0.717, 1.165) is 19.3 Å². The van der Waals surface area contributed by atoms with E-state index >= 15 is 0 Å². The Balaban J connectivity index is 2.04. The lowest BCUT2D eigenvalue weighted by atomic mass is 10.5. The number of urea groups is 1. The molecule has 1 fully saturated rings. The van der Waals surface area contributed by atoms with Gasteiger partial charge in [-0.15, -0.1) is 0 Å². The average molecular weight is 154 g/mol. The molecule has 0 heterocycles. The Bertz CT molecular complexity index is 161. The molecule has 11 heavy (non-hydrogen) atoms. The third-order valence-electron chi connectivity index (χ3n) is 1.48. The Kier molecular flexibility index (Phi) is 2.95. The van der Waals surface area contributed by atoms with E-state index in [9.17, 15) is 4.79 Å². The van der Waals surface area contributed by atoms with Crippen molar-refractivity contribution in [3.8, 4) is 0 Å². The molecule has 3 heteroatoms. The largest absolute Gasteiger partial charge is 0.335 e. The van der Waals surface area contributed by atoms with Crippen molar-refractivity contribution in [2.75, 3.05) is 0 Å². The summed E-state index contributed by atoms with van der Waals surface area (Å²) in [6.07, 6.45) is 6.80. The van der Waals surface area contributed by atoms with Gasteiger partial charge < -0.3 is 10.6 Å². The molecule has 1 rings (SSSR count). The Morgan fingerprint density at radius 1 is 1.64 bits per heavy atom. The maximum Gasteiger partial charge on any atom is 0.318 e. The minimum Gasteiger partial charge on any atom is -0.335 e. The van der Waals surface area contributed by atoms with Crippen LogP contribution in [-0.4, -0.2) is 12.1 Å². The Hall–Kier alpha value is -0.990.